The molecule has 1 fully saturated rings. The molecule has 2 aromatic heterocycles. The fraction of sp³-hybridized carbons (Fsp3) is 0.348. The van der Waals surface area contributed by atoms with Gasteiger partial charge in [-0.3, -0.25) is 9.59 Å². The Labute approximate surface area is 194 Å². The van der Waals surface area contributed by atoms with Gasteiger partial charge in [-0.15, -0.1) is 0 Å². The second-order valence-corrected chi connectivity index (χ2v) is 9.10. The van der Waals surface area contributed by atoms with Gasteiger partial charge >= 0.3 is 0 Å². The minimum Gasteiger partial charge on any atom is -0.490 e. The molecule has 1 aromatic carbocycles. The summed E-state index contributed by atoms with van der Waals surface area (Å²) >= 11 is 6.08. The van der Waals surface area contributed by atoms with E-state index < -0.39 is 23.3 Å². The van der Waals surface area contributed by atoms with E-state index >= 15 is 4.39 Å². The number of carbonyl (C=O) groups is 2. The Morgan fingerprint density at radius 2 is 2.06 bits per heavy atom. The maximum absolute atomic E-state index is 15.2. The van der Waals surface area contributed by atoms with Gasteiger partial charge in [0, 0.05) is 41.2 Å². The number of hydrogen-bond acceptors (Lipinski definition) is 5. The van der Waals surface area contributed by atoms with Crippen molar-refractivity contribution in [3.63, 3.8) is 0 Å². The van der Waals surface area contributed by atoms with Crippen molar-refractivity contribution >= 4 is 34.3 Å². The van der Waals surface area contributed by atoms with Gasteiger partial charge in [0.2, 0.25) is 0 Å². The van der Waals surface area contributed by atoms with Crippen LogP contribution in [0.1, 0.15) is 45.9 Å². The molecule has 0 unspecified atom stereocenters. The quantitative estimate of drug-likeness (QED) is 0.608. The molecule has 0 saturated carbocycles. The summed E-state index contributed by atoms with van der Waals surface area (Å²) in [6.07, 6.45) is 1.83. The maximum Gasteiger partial charge on any atom is 0.273 e. The van der Waals surface area contributed by atoms with Crippen LogP contribution in [0, 0.1) is 5.82 Å². The highest BCUT2D eigenvalue weighted by molar-refractivity contribution is 6.31. The van der Waals surface area contributed by atoms with Crippen molar-refractivity contribution in [2.75, 3.05) is 19.8 Å². The van der Waals surface area contributed by atoms with Gasteiger partial charge in [0.25, 0.3) is 11.8 Å². The highest BCUT2D eigenvalue weighted by Crippen LogP contribution is 2.35. The van der Waals surface area contributed by atoms with E-state index in [0.717, 1.165) is 10.9 Å². The van der Waals surface area contributed by atoms with Crippen molar-refractivity contribution in [3.8, 4) is 5.75 Å². The van der Waals surface area contributed by atoms with Crippen LogP contribution >= 0.6 is 11.6 Å². The van der Waals surface area contributed by atoms with Crippen molar-refractivity contribution in [2.24, 2.45) is 7.05 Å². The van der Waals surface area contributed by atoms with E-state index in [2.05, 4.69) is 15.6 Å². The SMILES string of the molecule is Cn1c(C(=O)N[C@@H]2CCOc3c2cnc(C(=O)NC2(C)COC2)c3F)cc2ccc(Cl)cc21. The fourth-order valence-electron chi connectivity index (χ4n) is 4.19. The predicted octanol–water partition coefficient (Wildman–Crippen LogP) is 3.14. The van der Waals surface area contributed by atoms with Crippen LogP contribution < -0.4 is 15.4 Å². The summed E-state index contributed by atoms with van der Waals surface area (Å²) in [4.78, 5) is 29.6. The lowest BCUT2D eigenvalue weighted by Gasteiger charge is -2.38. The molecule has 10 heteroatoms. The van der Waals surface area contributed by atoms with Crippen LogP contribution in [0.4, 0.5) is 4.39 Å². The summed E-state index contributed by atoms with van der Waals surface area (Å²) in [5.41, 5.74) is 0.777. The Balaban J connectivity index is 1.39. The van der Waals surface area contributed by atoms with Gasteiger partial charge in [-0.1, -0.05) is 17.7 Å². The average molecular weight is 473 g/mol. The molecular formula is C23H22ClFN4O4. The lowest BCUT2D eigenvalue weighted by Crippen LogP contribution is -2.60. The first-order valence-electron chi connectivity index (χ1n) is 10.5. The second kappa shape index (κ2) is 8.00. The Hall–Kier alpha value is -3.17. The Bertz CT molecular complexity index is 1290. The van der Waals surface area contributed by atoms with E-state index in [0.29, 0.717) is 35.9 Å². The monoisotopic (exact) mass is 472 g/mol. The predicted molar refractivity (Wildman–Crippen MR) is 119 cm³/mol. The van der Waals surface area contributed by atoms with Crippen molar-refractivity contribution < 1.29 is 23.5 Å². The third kappa shape index (κ3) is 3.81. The zero-order valence-corrected chi connectivity index (χ0v) is 18.8. The first kappa shape index (κ1) is 21.7. The minimum atomic E-state index is -0.841. The lowest BCUT2D eigenvalue weighted by atomic mass is 9.99. The molecule has 8 nitrogen and oxygen atoms in total. The van der Waals surface area contributed by atoms with Crippen molar-refractivity contribution in [1.29, 1.82) is 0 Å². The molecule has 0 bridgehead atoms. The maximum atomic E-state index is 15.2. The van der Waals surface area contributed by atoms with Gasteiger partial charge in [0.15, 0.2) is 17.3 Å². The fourth-order valence-corrected chi connectivity index (χ4v) is 4.35. The standard InChI is InChI=1S/C23H22ClFN4O4/c1-23(10-32-11-23)28-22(31)19-18(25)20-14(9-26-19)15(5-6-33-20)27-21(30)17-7-12-3-4-13(24)8-16(12)29(17)2/h3-4,7-9,15H,5-6,10-11H2,1-2H3,(H,27,30)(H,28,31)/t15-/m1/s1. The molecule has 4 heterocycles. The normalized spacial score (nSPS) is 18.7. The van der Waals surface area contributed by atoms with E-state index in [4.69, 9.17) is 21.1 Å². The van der Waals surface area contributed by atoms with Crippen LogP contribution in [-0.4, -0.2) is 46.7 Å². The molecule has 0 spiro atoms. The number of nitrogens with one attached hydrogen (secondary N) is 2. The summed E-state index contributed by atoms with van der Waals surface area (Å²) < 4.78 is 27.6. The van der Waals surface area contributed by atoms with Gasteiger partial charge in [0.1, 0.15) is 5.69 Å². The number of pyridine rings is 1. The smallest absolute Gasteiger partial charge is 0.273 e. The number of halogens is 2. The average Bonchev–Trinajstić information content (AvgIpc) is 3.09. The van der Waals surface area contributed by atoms with E-state index in [9.17, 15) is 9.59 Å². The Morgan fingerprint density at radius 1 is 1.27 bits per heavy atom. The van der Waals surface area contributed by atoms with Gasteiger partial charge < -0.3 is 24.7 Å². The summed E-state index contributed by atoms with van der Waals surface area (Å²) in [6.45, 7) is 2.72. The van der Waals surface area contributed by atoms with E-state index in [1.54, 1.807) is 29.8 Å². The Kier molecular flexibility index (Phi) is 5.25. The van der Waals surface area contributed by atoms with Crippen LogP contribution in [0.15, 0.2) is 30.5 Å². The highest BCUT2D eigenvalue weighted by atomic mass is 35.5. The summed E-state index contributed by atoms with van der Waals surface area (Å²) in [5, 5.41) is 7.14. The first-order valence-corrected chi connectivity index (χ1v) is 10.9. The molecule has 3 aromatic rings. The molecule has 33 heavy (non-hydrogen) atoms. The van der Waals surface area contributed by atoms with Gasteiger partial charge in [-0.05, 0) is 25.1 Å². The number of fused-ring (bicyclic) bond motifs is 2. The summed E-state index contributed by atoms with van der Waals surface area (Å²) in [6, 6.07) is 6.66. The van der Waals surface area contributed by atoms with Gasteiger partial charge in [-0.25, -0.2) is 9.37 Å². The molecule has 5 rings (SSSR count). The molecular weight excluding hydrogens is 451 g/mol. The molecule has 0 radical (unpaired) electrons. The number of aryl methyl sites for hydroxylation is 1. The number of amides is 2. The number of benzene rings is 1. The van der Waals surface area contributed by atoms with E-state index in [-0.39, 0.29) is 24.0 Å². The first-order chi connectivity index (χ1) is 15.8. The topological polar surface area (TPSA) is 94.5 Å². The number of ether oxygens (including phenoxy) is 2. The molecule has 1 atom stereocenters. The van der Waals surface area contributed by atoms with Crippen LogP contribution in [0.2, 0.25) is 5.02 Å². The van der Waals surface area contributed by atoms with E-state index in [1.165, 1.54) is 6.20 Å². The van der Waals surface area contributed by atoms with Crippen molar-refractivity contribution in [1.82, 2.24) is 20.2 Å². The molecule has 1 saturated heterocycles. The van der Waals surface area contributed by atoms with Crippen LogP contribution in [0.3, 0.4) is 0 Å². The molecule has 0 aliphatic carbocycles. The van der Waals surface area contributed by atoms with Crippen molar-refractivity contribution in [3.05, 3.63) is 58.3 Å². The Morgan fingerprint density at radius 3 is 2.79 bits per heavy atom. The third-order valence-electron chi connectivity index (χ3n) is 6.05. The molecule has 2 aliphatic heterocycles. The summed E-state index contributed by atoms with van der Waals surface area (Å²) in [5.74, 6) is -1.86. The highest BCUT2D eigenvalue weighted by Gasteiger charge is 2.37. The van der Waals surface area contributed by atoms with Crippen LogP contribution in [0.5, 0.6) is 5.75 Å². The zero-order valence-electron chi connectivity index (χ0n) is 18.1. The minimum absolute atomic E-state index is 0.0643. The van der Waals surface area contributed by atoms with Crippen molar-refractivity contribution in [2.45, 2.75) is 24.9 Å². The zero-order chi connectivity index (χ0) is 23.3. The molecule has 2 N–H and O–H groups in total. The second-order valence-electron chi connectivity index (χ2n) is 8.67. The van der Waals surface area contributed by atoms with Gasteiger partial charge in [0.05, 0.1) is 31.4 Å². The van der Waals surface area contributed by atoms with Gasteiger partial charge in [-0.2, -0.15) is 0 Å². The number of rotatable bonds is 4. The number of hydrogen-bond donors (Lipinski definition) is 2. The lowest BCUT2D eigenvalue weighted by molar-refractivity contribution is -0.0595. The number of nitrogens with zero attached hydrogens (tertiary/aromatic N) is 2. The van der Waals surface area contributed by atoms with Crippen LogP contribution in [-0.2, 0) is 11.8 Å². The third-order valence-corrected chi connectivity index (χ3v) is 6.28. The molecule has 2 aliphatic rings. The molecule has 2 amide bonds. The molecule has 172 valence electrons. The largest absolute Gasteiger partial charge is 0.490 e. The summed E-state index contributed by atoms with van der Waals surface area (Å²) in [7, 11) is 1.78. The van der Waals surface area contributed by atoms with Crippen LogP contribution in [0.25, 0.3) is 10.9 Å². The number of aromatic nitrogens is 2. The number of carbonyl (C=O) groups excluding carboxylic acids is 2. The van der Waals surface area contributed by atoms with E-state index in [1.807, 2.05) is 13.0 Å².